The Bertz CT molecular complexity index is 1850. The lowest BCUT2D eigenvalue weighted by atomic mass is 10.0. The Balaban J connectivity index is 1.44. The van der Waals surface area contributed by atoms with Gasteiger partial charge in [-0.2, -0.15) is 5.10 Å². The van der Waals surface area contributed by atoms with Gasteiger partial charge in [0.2, 0.25) is 5.88 Å². The third-order valence-corrected chi connectivity index (χ3v) is 8.82. The molecule has 0 bridgehead atoms. The van der Waals surface area contributed by atoms with Crippen molar-refractivity contribution in [2.24, 2.45) is 0 Å². The molecule has 39 heavy (non-hydrogen) atoms. The van der Waals surface area contributed by atoms with Gasteiger partial charge in [0.25, 0.3) is 5.56 Å². The molecule has 0 N–H and O–H groups in total. The maximum Gasteiger partial charge on any atom is 0.274 e. The third kappa shape index (κ3) is 4.06. The summed E-state index contributed by atoms with van der Waals surface area (Å²) in [5, 5.41) is 4.33. The Hall–Kier alpha value is -3.57. The van der Waals surface area contributed by atoms with E-state index in [9.17, 15) is 13.2 Å². The van der Waals surface area contributed by atoms with Crippen molar-refractivity contribution in [2.45, 2.75) is 43.5 Å². The lowest BCUT2D eigenvalue weighted by molar-refractivity contribution is 0.353. The van der Waals surface area contributed by atoms with Crippen LogP contribution in [-0.2, 0) is 16.4 Å². The van der Waals surface area contributed by atoms with Gasteiger partial charge in [-0.25, -0.2) is 21.9 Å². The van der Waals surface area contributed by atoms with E-state index in [1.807, 2.05) is 4.68 Å². The molecule has 2 atom stereocenters. The van der Waals surface area contributed by atoms with Crippen LogP contribution in [0.25, 0.3) is 16.9 Å². The summed E-state index contributed by atoms with van der Waals surface area (Å²) in [7, 11) is -3.91. The standard InChI is InChI=1S/C27H23ClF2N4O4S/c1-13-11-31-24(15-5-4-6-20(22(15)29)39(3,36)37)23(30)25(13)34-14(2)9-18(21(28)26(34)35)16-10-17(16)19-12-32-33-7-8-38-27(19)33/h4-6,9,11-12,16-17H,7-8,10H2,1-3H3/t16-,17?/m1/s1. The van der Waals surface area contributed by atoms with Crippen LogP contribution >= 0.6 is 11.6 Å². The van der Waals surface area contributed by atoms with E-state index in [1.165, 1.54) is 18.3 Å². The highest BCUT2D eigenvalue weighted by Gasteiger charge is 2.45. The summed E-state index contributed by atoms with van der Waals surface area (Å²) in [6, 6.07) is 5.42. The molecule has 0 radical (unpaired) electrons. The number of hydrogen-bond acceptors (Lipinski definition) is 6. The molecule has 1 saturated carbocycles. The maximum atomic E-state index is 16.0. The van der Waals surface area contributed by atoms with Gasteiger partial charge in [0.1, 0.15) is 22.2 Å². The number of hydrogen-bond donors (Lipinski definition) is 0. The van der Waals surface area contributed by atoms with E-state index in [-0.39, 0.29) is 28.1 Å². The molecule has 8 nitrogen and oxygen atoms in total. The number of fused-ring (bicyclic) bond motifs is 1. The number of rotatable bonds is 5. The van der Waals surface area contributed by atoms with Crippen molar-refractivity contribution in [3.05, 3.63) is 86.1 Å². The fourth-order valence-corrected chi connectivity index (χ4v) is 6.40. The van der Waals surface area contributed by atoms with Crippen LogP contribution in [0.2, 0.25) is 5.02 Å². The van der Waals surface area contributed by atoms with Crippen molar-refractivity contribution in [2.75, 3.05) is 12.9 Å². The van der Waals surface area contributed by atoms with Crippen LogP contribution < -0.4 is 10.3 Å². The van der Waals surface area contributed by atoms with Gasteiger partial charge in [0.05, 0.1) is 18.4 Å². The van der Waals surface area contributed by atoms with E-state index < -0.39 is 37.6 Å². The fraction of sp³-hybridized carbons (Fsp3) is 0.296. The molecular formula is C27H23ClF2N4O4S. The first-order chi connectivity index (χ1) is 18.5. The van der Waals surface area contributed by atoms with Crippen LogP contribution in [0.4, 0.5) is 8.78 Å². The van der Waals surface area contributed by atoms with E-state index in [1.54, 1.807) is 26.1 Å². The minimum Gasteiger partial charge on any atom is -0.476 e. The monoisotopic (exact) mass is 572 g/mol. The lowest BCUT2D eigenvalue weighted by Crippen LogP contribution is -2.24. The van der Waals surface area contributed by atoms with Crippen LogP contribution in [0.5, 0.6) is 5.88 Å². The van der Waals surface area contributed by atoms with E-state index >= 15 is 8.78 Å². The summed E-state index contributed by atoms with van der Waals surface area (Å²) >= 11 is 6.61. The molecule has 1 aliphatic heterocycles. The van der Waals surface area contributed by atoms with Gasteiger partial charge < -0.3 is 4.74 Å². The molecule has 3 aromatic heterocycles. The highest BCUT2D eigenvalue weighted by atomic mass is 35.5. The van der Waals surface area contributed by atoms with Crippen molar-refractivity contribution in [1.29, 1.82) is 0 Å². The van der Waals surface area contributed by atoms with E-state index in [0.29, 0.717) is 30.0 Å². The zero-order valence-electron chi connectivity index (χ0n) is 21.2. The van der Waals surface area contributed by atoms with Gasteiger partial charge in [-0.1, -0.05) is 17.7 Å². The predicted octanol–water partition coefficient (Wildman–Crippen LogP) is 4.71. The topological polar surface area (TPSA) is 96.1 Å². The molecule has 0 amide bonds. The van der Waals surface area contributed by atoms with Crippen LogP contribution in [0, 0.1) is 25.5 Å². The average Bonchev–Trinajstić information content (AvgIpc) is 3.32. The Labute approximate surface area is 227 Å². The molecule has 1 aliphatic carbocycles. The number of aromatic nitrogens is 4. The largest absolute Gasteiger partial charge is 0.476 e. The summed E-state index contributed by atoms with van der Waals surface area (Å²) < 4.78 is 63.9. The summed E-state index contributed by atoms with van der Waals surface area (Å²) in [6.45, 7) is 4.52. The van der Waals surface area contributed by atoms with Crippen LogP contribution in [0.1, 0.15) is 40.6 Å². The van der Waals surface area contributed by atoms with Gasteiger partial charge in [-0.3, -0.25) is 14.3 Å². The SMILES string of the molecule is Cc1cnc(-c2cccc(S(C)(=O)=O)c2F)c(F)c1-n1c(C)cc([C@@H]2CC2c2cnn3c2OCC3)c(Cl)c1=O. The quantitative estimate of drug-likeness (QED) is 0.344. The molecule has 1 unspecified atom stereocenters. The number of pyridine rings is 2. The van der Waals surface area contributed by atoms with Gasteiger partial charge in [0.15, 0.2) is 21.5 Å². The summed E-state index contributed by atoms with van der Waals surface area (Å²) in [6.07, 6.45) is 4.74. The number of sulfone groups is 1. The Morgan fingerprint density at radius 1 is 1.10 bits per heavy atom. The lowest BCUT2D eigenvalue weighted by Gasteiger charge is -2.18. The predicted molar refractivity (Wildman–Crippen MR) is 141 cm³/mol. The minimum absolute atomic E-state index is 0.0107. The zero-order chi connectivity index (χ0) is 27.8. The van der Waals surface area contributed by atoms with Crippen LogP contribution in [-0.4, -0.2) is 40.6 Å². The molecule has 4 aromatic rings. The molecule has 12 heteroatoms. The first-order valence-electron chi connectivity index (χ1n) is 12.2. The Kier molecular flexibility index (Phi) is 5.92. The molecule has 1 aromatic carbocycles. The summed E-state index contributed by atoms with van der Waals surface area (Å²) in [4.78, 5) is 17.1. The highest BCUT2D eigenvalue weighted by Crippen LogP contribution is 2.58. The number of halogens is 3. The normalized spacial score (nSPS) is 18.2. The molecule has 0 saturated heterocycles. The average molecular weight is 573 g/mol. The van der Waals surface area contributed by atoms with Crippen molar-refractivity contribution in [3.63, 3.8) is 0 Å². The fourth-order valence-electron chi connectivity index (χ4n) is 5.36. The first kappa shape index (κ1) is 25.7. The third-order valence-electron chi connectivity index (χ3n) is 7.33. The van der Waals surface area contributed by atoms with Crippen molar-refractivity contribution in [1.82, 2.24) is 19.3 Å². The Morgan fingerprint density at radius 2 is 1.85 bits per heavy atom. The summed E-state index contributed by atoms with van der Waals surface area (Å²) in [5.74, 6) is -1.24. The smallest absolute Gasteiger partial charge is 0.274 e. The first-order valence-corrected chi connectivity index (χ1v) is 14.5. The van der Waals surface area contributed by atoms with Gasteiger partial charge >= 0.3 is 0 Å². The second-order valence-corrected chi connectivity index (χ2v) is 12.3. The zero-order valence-corrected chi connectivity index (χ0v) is 22.8. The molecule has 202 valence electrons. The van der Waals surface area contributed by atoms with E-state index in [0.717, 1.165) is 34.8 Å². The van der Waals surface area contributed by atoms with Crippen molar-refractivity contribution >= 4 is 21.4 Å². The summed E-state index contributed by atoms with van der Waals surface area (Å²) in [5.41, 5.74) is 0.915. The van der Waals surface area contributed by atoms with Crippen LogP contribution in [0.15, 0.2) is 46.3 Å². The second-order valence-electron chi connectivity index (χ2n) is 9.96. The van der Waals surface area contributed by atoms with Gasteiger partial charge in [0, 0.05) is 29.3 Å². The minimum atomic E-state index is -3.91. The Morgan fingerprint density at radius 3 is 2.59 bits per heavy atom. The van der Waals surface area contributed by atoms with Crippen LogP contribution in [0.3, 0.4) is 0 Å². The highest BCUT2D eigenvalue weighted by molar-refractivity contribution is 7.90. The number of nitrogens with zero attached hydrogens (tertiary/aromatic N) is 4. The maximum absolute atomic E-state index is 16.0. The molecular weight excluding hydrogens is 550 g/mol. The van der Waals surface area contributed by atoms with Gasteiger partial charge in [-0.15, -0.1) is 0 Å². The molecule has 2 aliphatic rings. The number of aryl methyl sites for hydroxylation is 2. The number of benzene rings is 1. The van der Waals surface area contributed by atoms with E-state index in [4.69, 9.17) is 16.3 Å². The molecule has 4 heterocycles. The van der Waals surface area contributed by atoms with Gasteiger partial charge in [-0.05, 0) is 61.4 Å². The molecule has 6 rings (SSSR count). The molecule has 0 spiro atoms. The van der Waals surface area contributed by atoms with Crippen molar-refractivity contribution < 1.29 is 21.9 Å². The molecule has 1 fully saturated rings. The number of ether oxygens (including phenoxy) is 1. The second kappa shape index (κ2) is 8.99. The van der Waals surface area contributed by atoms with E-state index in [2.05, 4.69) is 10.1 Å². The van der Waals surface area contributed by atoms with Crippen molar-refractivity contribution in [3.8, 4) is 22.8 Å².